The topological polar surface area (TPSA) is 12.0 Å². The number of rotatable bonds is 4. The summed E-state index contributed by atoms with van der Waals surface area (Å²) in [6.07, 6.45) is 0. The molecular formula is C16H17ClFN. The predicted molar refractivity (Wildman–Crippen MR) is 77.8 cm³/mol. The van der Waals surface area contributed by atoms with Crippen LogP contribution in [-0.2, 0) is 0 Å². The summed E-state index contributed by atoms with van der Waals surface area (Å²) in [5, 5.41) is 4.22. The molecule has 0 aliphatic rings. The third kappa shape index (κ3) is 3.55. The zero-order chi connectivity index (χ0) is 13.8. The van der Waals surface area contributed by atoms with Gasteiger partial charge in [0.25, 0.3) is 0 Å². The van der Waals surface area contributed by atoms with Gasteiger partial charge in [0.15, 0.2) is 0 Å². The zero-order valence-corrected chi connectivity index (χ0v) is 11.8. The second-order valence-corrected chi connectivity index (χ2v) is 5.09. The van der Waals surface area contributed by atoms with Crippen molar-refractivity contribution in [3.63, 3.8) is 0 Å². The molecule has 0 bridgehead atoms. The highest BCUT2D eigenvalue weighted by molar-refractivity contribution is 6.31. The quantitative estimate of drug-likeness (QED) is 0.839. The third-order valence-electron chi connectivity index (χ3n) is 3.24. The first-order chi connectivity index (χ1) is 9.08. The van der Waals surface area contributed by atoms with Crippen LogP contribution in [0.4, 0.5) is 4.39 Å². The molecule has 2 rings (SSSR count). The van der Waals surface area contributed by atoms with E-state index in [1.165, 1.54) is 12.1 Å². The van der Waals surface area contributed by atoms with Gasteiger partial charge in [-0.25, -0.2) is 4.39 Å². The van der Waals surface area contributed by atoms with Crippen molar-refractivity contribution < 1.29 is 4.39 Å². The van der Waals surface area contributed by atoms with Crippen molar-refractivity contribution in [2.24, 2.45) is 0 Å². The van der Waals surface area contributed by atoms with Crippen molar-refractivity contribution in [1.82, 2.24) is 5.32 Å². The summed E-state index contributed by atoms with van der Waals surface area (Å²) in [6, 6.07) is 14.6. The average Bonchev–Trinajstić information content (AvgIpc) is 2.39. The monoisotopic (exact) mass is 277 g/mol. The second kappa shape index (κ2) is 6.18. The molecule has 1 unspecified atom stereocenters. The zero-order valence-electron chi connectivity index (χ0n) is 11.0. The van der Waals surface area contributed by atoms with Gasteiger partial charge in [0.2, 0.25) is 0 Å². The Morgan fingerprint density at radius 2 is 1.58 bits per heavy atom. The maximum absolute atomic E-state index is 12.9. The van der Waals surface area contributed by atoms with Crippen LogP contribution in [0.2, 0.25) is 5.02 Å². The van der Waals surface area contributed by atoms with Crippen molar-refractivity contribution in [3.8, 4) is 0 Å². The van der Waals surface area contributed by atoms with E-state index < -0.39 is 0 Å². The molecule has 0 aliphatic heterocycles. The van der Waals surface area contributed by atoms with Crippen LogP contribution in [0.3, 0.4) is 0 Å². The van der Waals surface area contributed by atoms with Crippen molar-refractivity contribution >= 4 is 11.6 Å². The molecule has 0 aromatic heterocycles. The highest BCUT2D eigenvalue weighted by Gasteiger charge is 2.13. The molecule has 0 heterocycles. The molecule has 100 valence electrons. The summed E-state index contributed by atoms with van der Waals surface area (Å²) in [7, 11) is 0. The van der Waals surface area contributed by atoms with Gasteiger partial charge in [-0.15, -0.1) is 0 Å². The van der Waals surface area contributed by atoms with Gasteiger partial charge in [0.05, 0.1) is 0 Å². The number of hydrogen-bond acceptors (Lipinski definition) is 1. The second-order valence-electron chi connectivity index (χ2n) is 4.68. The Kier molecular flexibility index (Phi) is 4.56. The molecule has 2 aromatic rings. The normalized spacial score (nSPS) is 14.1. The van der Waals surface area contributed by atoms with Gasteiger partial charge in [-0.3, -0.25) is 0 Å². The lowest BCUT2D eigenvalue weighted by atomic mass is 10.0. The molecule has 2 atom stereocenters. The summed E-state index contributed by atoms with van der Waals surface area (Å²) in [4.78, 5) is 0. The minimum Gasteiger partial charge on any atom is -0.304 e. The number of benzene rings is 2. The first-order valence-corrected chi connectivity index (χ1v) is 6.71. The van der Waals surface area contributed by atoms with Crippen LogP contribution >= 0.6 is 11.6 Å². The SMILES string of the molecule is CC(N[C@H](C)c1ccccc1Cl)c1ccc(F)cc1. The van der Waals surface area contributed by atoms with Gasteiger partial charge < -0.3 is 5.32 Å². The van der Waals surface area contributed by atoms with E-state index in [0.717, 1.165) is 16.1 Å². The lowest BCUT2D eigenvalue weighted by Crippen LogP contribution is -2.22. The highest BCUT2D eigenvalue weighted by atomic mass is 35.5. The van der Waals surface area contributed by atoms with Crippen LogP contribution in [0, 0.1) is 5.82 Å². The van der Waals surface area contributed by atoms with Crippen molar-refractivity contribution in [2.45, 2.75) is 25.9 Å². The van der Waals surface area contributed by atoms with Crippen molar-refractivity contribution in [1.29, 1.82) is 0 Å². The van der Waals surface area contributed by atoms with Gasteiger partial charge in [-0.05, 0) is 43.2 Å². The standard InChI is InChI=1S/C16H17ClFN/c1-11(13-7-9-14(18)10-8-13)19-12(2)15-5-3-4-6-16(15)17/h3-12,19H,1-2H3/t11?,12-/m1/s1. The number of halogens is 2. The maximum atomic E-state index is 12.9. The lowest BCUT2D eigenvalue weighted by Gasteiger charge is -2.21. The molecular weight excluding hydrogens is 261 g/mol. The van der Waals surface area contributed by atoms with Crippen molar-refractivity contribution in [2.75, 3.05) is 0 Å². The molecule has 1 nitrogen and oxygen atoms in total. The minimum atomic E-state index is -0.213. The highest BCUT2D eigenvalue weighted by Crippen LogP contribution is 2.25. The molecule has 0 amide bonds. The molecule has 0 saturated heterocycles. The summed E-state index contributed by atoms with van der Waals surface area (Å²) >= 11 is 6.18. The summed E-state index contributed by atoms with van der Waals surface area (Å²) in [5.41, 5.74) is 2.12. The van der Waals surface area contributed by atoms with Crippen LogP contribution < -0.4 is 5.32 Å². The molecule has 0 fully saturated rings. The van der Waals surface area contributed by atoms with Gasteiger partial charge >= 0.3 is 0 Å². The van der Waals surface area contributed by atoms with Gasteiger partial charge in [0.1, 0.15) is 5.82 Å². The van der Waals surface area contributed by atoms with Crippen molar-refractivity contribution in [3.05, 3.63) is 70.5 Å². The average molecular weight is 278 g/mol. The van der Waals surface area contributed by atoms with Crippen LogP contribution in [0.15, 0.2) is 48.5 Å². The molecule has 0 aliphatic carbocycles. The summed E-state index contributed by atoms with van der Waals surface area (Å²) in [5.74, 6) is -0.213. The largest absolute Gasteiger partial charge is 0.304 e. The van der Waals surface area contributed by atoms with E-state index in [9.17, 15) is 4.39 Å². The van der Waals surface area contributed by atoms with Crippen LogP contribution in [-0.4, -0.2) is 0 Å². The molecule has 0 spiro atoms. The first-order valence-electron chi connectivity index (χ1n) is 6.34. The summed E-state index contributed by atoms with van der Waals surface area (Å²) in [6.45, 7) is 4.13. The Morgan fingerprint density at radius 1 is 0.947 bits per heavy atom. The Labute approximate surface area is 118 Å². The van der Waals surface area contributed by atoms with Crippen LogP contribution in [0.25, 0.3) is 0 Å². The Balaban J connectivity index is 2.08. The van der Waals surface area contributed by atoms with Gasteiger partial charge in [-0.1, -0.05) is 41.9 Å². The van der Waals surface area contributed by atoms with Crippen LogP contribution in [0.5, 0.6) is 0 Å². The van der Waals surface area contributed by atoms with E-state index in [2.05, 4.69) is 19.2 Å². The maximum Gasteiger partial charge on any atom is 0.123 e. The minimum absolute atomic E-state index is 0.131. The smallest absolute Gasteiger partial charge is 0.123 e. The van der Waals surface area contributed by atoms with E-state index in [1.54, 1.807) is 12.1 Å². The summed E-state index contributed by atoms with van der Waals surface area (Å²) < 4.78 is 12.9. The fourth-order valence-corrected chi connectivity index (χ4v) is 2.44. The van der Waals surface area contributed by atoms with E-state index in [1.807, 2.05) is 24.3 Å². The molecule has 0 radical (unpaired) electrons. The van der Waals surface area contributed by atoms with E-state index in [4.69, 9.17) is 11.6 Å². The molecule has 2 aromatic carbocycles. The van der Waals surface area contributed by atoms with E-state index in [0.29, 0.717) is 0 Å². The van der Waals surface area contributed by atoms with Gasteiger partial charge in [0, 0.05) is 17.1 Å². The molecule has 1 N–H and O–H groups in total. The third-order valence-corrected chi connectivity index (χ3v) is 3.59. The van der Waals surface area contributed by atoms with E-state index >= 15 is 0 Å². The first kappa shape index (κ1) is 14.0. The molecule has 0 saturated carbocycles. The fraction of sp³-hybridized carbons (Fsp3) is 0.250. The number of nitrogens with one attached hydrogen (secondary N) is 1. The Bertz CT molecular complexity index is 539. The Morgan fingerprint density at radius 3 is 2.21 bits per heavy atom. The number of hydrogen-bond donors (Lipinski definition) is 1. The van der Waals surface area contributed by atoms with Crippen LogP contribution in [0.1, 0.15) is 37.1 Å². The van der Waals surface area contributed by atoms with Gasteiger partial charge in [-0.2, -0.15) is 0 Å². The van der Waals surface area contributed by atoms with E-state index in [-0.39, 0.29) is 17.9 Å². The Hall–Kier alpha value is -1.38. The lowest BCUT2D eigenvalue weighted by molar-refractivity contribution is 0.494. The molecule has 3 heteroatoms. The molecule has 19 heavy (non-hydrogen) atoms. The fourth-order valence-electron chi connectivity index (χ4n) is 2.14. The predicted octanol–water partition coefficient (Wildman–Crippen LogP) is 4.89.